The Hall–Kier alpha value is -4.12. The number of hydrogen-bond donors (Lipinski definition) is 3. The molecule has 0 radical (unpaired) electrons. The molecule has 3 aliphatic rings. The Kier molecular flexibility index (Phi) is 6.00. The fourth-order valence-corrected chi connectivity index (χ4v) is 4.68. The van der Waals surface area contributed by atoms with Crippen molar-refractivity contribution in [3.8, 4) is 0 Å². The number of carboxylic acids is 1. The number of nitrogens with zero attached hydrogens (tertiary/aromatic N) is 1. The molecular formula is C29H27N3O2. The molecule has 0 saturated carbocycles. The van der Waals surface area contributed by atoms with Gasteiger partial charge in [0.15, 0.2) is 0 Å². The Morgan fingerprint density at radius 1 is 1.12 bits per heavy atom. The van der Waals surface area contributed by atoms with Crippen LogP contribution in [-0.4, -0.2) is 16.1 Å². The maximum atomic E-state index is 11.2. The molecule has 2 aromatic rings. The molecule has 170 valence electrons. The van der Waals surface area contributed by atoms with Gasteiger partial charge in [-0.2, -0.15) is 0 Å². The van der Waals surface area contributed by atoms with Gasteiger partial charge in [-0.3, -0.25) is 4.98 Å². The number of aromatic carboxylic acids is 1. The highest BCUT2D eigenvalue weighted by Gasteiger charge is 2.28. The summed E-state index contributed by atoms with van der Waals surface area (Å²) in [7, 11) is 0. The van der Waals surface area contributed by atoms with Crippen molar-refractivity contribution in [2.24, 2.45) is 0 Å². The zero-order chi connectivity index (χ0) is 23.5. The molecule has 5 heteroatoms. The first-order chi connectivity index (χ1) is 16.6. The number of rotatable bonds is 5. The minimum atomic E-state index is -0.915. The van der Waals surface area contributed by atoms with E-state index in [9.17, 15) is 9.90 Å². The lowest BCUT2D eigenvalue weighted by Gasteiger charge is -2.20. The fourth-order valence-electron chi connectivity index (χ4n) is 4.68. The van der Waals surface area contributed by atoms with Crippen molar-refractivity contribution < 1.29 is 9.90 Å². The van der Waals surface area contributed by atoms with Gasteiger partial charge in [-0.1, -0.05) is 54.7 Å². The Bertz CT molecular complexity index is 1290. The lowest BCUT2D eigenvalue weighted by atomic mass is 9.88. The van der Waals surface area contributed by atoms with Crippen LogP contribution in [-0.2, 0) is 6.42 Å². The van der Waals surface area contributed by atoms with Gasteiger partial charge in [0.1, 0.15) is 6.17 Å². The summed E-state index contributed by atoms with van der Waals surface area (Å²) in [4.78, 5) is 15.5. The van der Waals surface area contributed by atoms with Crippen molar-refractivity contribution in [1.29, 1.82) is 0 Å². The van der Waals surface area contributed by atoms with Crippen LogP contribution < -0.4 is 10.6 Å². The second kappa shape index (κ2) is 9.40. The van der Waals surface area contributed by atoms with Gasteiger partial charge in [0, 0.05) is 24.5 Å². The summed E-state index contributed by atoms with van der Waals surface area (Å²) < 4.78 is 0. The van der Waals surface area contributed by atoms with Crippen LogP contribution in [0.4, 0.5) is 0 Å². The molecule has 3 N–H and O–H groups in total. The SMILES string of the molecule is CC1=C(Cc2cccnc2)C(C2=CCC=CC=C2)=CCC2=C1NC(c1ccc(C(=O)O)cc1)N2. The van der Waals surface area contributed by atoms with E-state index in [1.807, 2.05) is 24.4 Å². The third-order valence-electron chi connectivity index (χ3n) is 6.47. The third-order valence-corrected chi connectivity index (χ3v) is 6.47. The summed E-state index contributed by atoms with van der Waals surface area (Å²) in [5.41, 5.74) is 9.75. The maximum Gasteiger partial charge on any atom is 0.335 e. The van der Waals surface area contributed by atoms with E-state index < -0.39 is 5.97 Å². The van der Waals surface area contributed by atoms with Crippen LogP contribution in [0.5, 0.6) is 0 Å². The summed E-state index contributed by atoms with van der Waals surface area (Å²) in [5, 5.41) is 16.5. The average Bonchev–Trinajstić information content (AvgIpc) is 3.02. The molecule has 5 nitrogen and oxygen atoms in total. The highest BCUT2D eigenvalue weighted by Crippen LogP contribution is 2.37. The highest BCUT2D eigenvalue weighted by molar-refractivity contribution is 5.87. The molecule has 0 saturated heterocycles. The third kappa shape index (κ3) is 4.37. The molecule has 2 aliphatic carbocycles. The van der Waals surface area contributed by atoms with Crippen LogP contribution in [0.3, 0.4) is 0 Å². The molecule has 0 spiro atoms. The number of benzene rings is 1. The van der Waals surface area contributed by atoms with E-state index in [0.29, 0.717) is 0 Å². The summed E-state index contributed by atoms with van der Waals surface area (Å²) >= 11 is 0. The second-order valence-electron chi connectivity index (χ2n) is 8.65. The van der Waals surface area contributed by atoms with Crippen molar-refractivity contribution in [2.75, 3.05) is 0 Å². The van der Waals surface area contributed by atoms with Crippen molar-refractivity contribution in [3.63, 3.8) is 0 Å². The van der Waals surface area contributed by atoms with Crippen molar-refractivity contribution in [1.82, 2.24) is 15.6 Å². The molecular weight excluding hydrogens is 422 g/mol. The predicted octanol–water partition coefficient (Wildman–Crippen LogP) is 5.51. The molecule has 0 fully saturated rings. The van der Waals surface area contributed by atoms with Gasteiger partial charge in [-0.05, 0) is 71.4 Å². The minimum Gasteiger partial charge on any atom is -0.478 e. The Morgan fingerprint density at radius 2 is 1.97 bits per heavy atom. The van der Waals surface area contributed by atoms with Gasteiger partial charge in [0.25, 0.3) is 0 Å². The molecule has 1 atom stereocenters. The number of carboxylic acid groups (broad SMARTS) is 1. The average molecular weight is 450 g/mol. The standard InChI is InChI=1S/C29H27N3O2/c1-19-25(17-20-7-6-16-30-18-20)24(21-8-4-2-3-5-9-21)14-15-26-27(19)32-28(31-26)22-10-12-23(13-11-22)29(33)34/h2-4,6-14,16,18,28,31-32H,5,15,17H2,1H3,(H,33,34). The topological polar surface area (TPSA) is 74.2 Å². The summed E-state index contributed by atoms with van der Waals surface area (Å²) in [6.07, 6.45) is 19.3. The van der Waals surface area contributed by atoms with E-state index in [4.69, 9.17) is 0 Å². The van der Waals surface area contributed by atoms with Gasteiger partial charge in [-0.25, -0.2) is 4.79 Å². The van der Waals surface area contributed by atoms with Crippen LogP contribution in [0.15, 0.2) is 119 Å². The maximum absolute atomic E-state index is 11.2. The molecule has 1 aliphatic heterocycles. The molecule has 2 heterocycles. The second-order valence-corrected chi connectivity index (χ2v) is 8.65. The van der Waals surface area contributed by atoms with Gasteiger partial charge >= 0.3 is 5.97 Å². The molecule has 0 amide bonds. The minimum absolute atomic E-state index is 0.0985. The molecule has 1 aromatic heterocycles. The predicted molar refractivity (Wildman–Crippen MR) is 134 cm³/mol. The van der Waals surface area contributed by atoms with Crippen molar-refractivity contribution in [3.05, 3.63) is 136 Å². The lowest BCUT2D eigenvalue weighted by Crippen LogP contribution is -2.24. The van der Waals surface area contributed by atoms with Crippen molar-refractivity contribution in [2.45, 2.75) is 32.4 Å². The summed E-state index contributed by atoms with van der Waals surface area (Å²) in [5.74, 6) is -0.915. The van der Waals surface area contributed by atoms with Crippen LogP contribution in [0, 0.1) is 0 Å². The van der Waals surface area contributed by atoms with Crippen molar-refractivity contribution >= 4 is 5.97 Å². The van der Waals surface area contributed by atoms with E-state index in [1.165, 1.54) is 27.9 Å². The lowest BCUT2D eigenvalue weighted by molar-refractivity contribution is 0.0697. The number of allylic oxidation sites excluding steroid dienone is 10. The van der Waals surface area contributed by atoms with E-state index in [-0.39, 0.29) is 11.7 Å². The number of aromatic nitrogens is 1. The first kappa shape index (κ1) is 21.7. The quantitative estimate of drug-likeness (QED) is 0.561. The van der Waals surface area contributed by atoms with Crippen LogP contribution >= 0.6 is 0 Å². The Balaban J connectivity index is 1.49. The van der Waals surface area contributed by atoms with Gasteiger partial charge in [0.05, 0.1) is 11.3 Å². The first-order valence-corrected chi connectivity index (χ1v) is 11.5. The van der Waals surface area contributed by atoms with Gasteiger partial charge in [-0.15, -0.1) is 0 Å². The van der Waals surface area contributed by atoms with E-state index >= 15 is 0 Å². The smallest absolute Gasteiger partial charge is 0.335 e. The van der Waals surface area contributed by atoms with Gasteiger partial charge in [0.2, 0.25) is 0 Å². The van der Waals surface area contributed by atoms with E-state index in [1.54, 1.807) is 18.3 Å². The zero-order valence-electron chi connectivity index (χ0n) is 19.1. The Labute approximate surface area is 199 Å². The molecule has 1 aromatic carbocycles. The van der Waals surface area contributed by atoms with E-state index in [0.717, 1.165) is 36.2 Å². The molecule has 34 heavy (non-hydrogen) atoms. The Morgan fingerprint density at radius 3 is 2.74 bits per heavy atom. The first-order valence-electron chi connectivity index (χ1n) is 11.5. The van der Waals surface area contributed by atoms with Crippen LogP contribution in [0.2, 0.25) is 0 Å². The normalized spacial score (nSPS) is 19.5. The number of hydrogen-bond acceptors (Lipinski definition) is 4. The van der Waals surface area contributed by atoms with Crippen LogP contribution in [0.25, 0.3) is 0 Å². The monoisotopic (exact) mass is 449 g/mol. The highest BCUT2D eigenvalue weighted by atomic mass is 16.4. The molecule has 5 rings (SSSR count). The molecule has 1 unspecified atom stereocenters. The zero-order valence-corrected chi connectivity index (χ0v) is 19.1. The largest absolute Gasteiger partial charge is 0.478 e. The summed E-state index contributed by atoms with van der Waals surface area (Å²) in [6.45, 7) is 2.18. The number of pyridine rings is 1. The number of carbonyl (C=O) groups is 1. The van der Waals surface area contributed by atoms with Crippen LogP contribution in [0.1, 0.15) is 47.4 Å². The number of nitrogens with one attached hydrogen (secondary N) is 2. The molecule has 0 bridgehead atoms. The van der Waals surface area contributed by atoms with E-state index in [2.05, 4.69) is 65.1 Å². The fraction of sp³-hybridized carbons (Fsp3) is 0.172. The summed E-state index contributed by atoms with van der Waals surface area (Å²) in [6, 6.07) is 11.1. The van der Waals surface area contributed by atoms with Gasteiger partial charge < -0.3 is 15.7 Å².